The molecule has 4 nitrogen and oxygen atoms in total. The molecule has 0 amide bonds. The van der Waals surface area contributed by atoms with Gasteiger partial charge in [-0.15, -0.1) is 0 Å². The molecule has 3 fully saturated rings. The van der Waals surface area contributed by atoms with Crippen molar-refractivity contribution in [3.05, 3.63) is 0 Å². The van der Waals surface area contributed by atoms with Crippen LogP contribution in [0.4, 0.5) is 0 Å². The van der Waals surface area contributed by atoms with Crippen molar-refractivity contribution in [1.29, 1.82) is 0 Å². The van der Waals surface area contributed by atoms with Crippen molar-refractivity contribution in [2.45, 2.75) is 63.1 Å². The Bertz CT molecular complexity index is 236. The molecule has 2 saturated heterocycles. The Balaban J connectivity index is 1.34. The van der Waals surface area contributed by atoms with Gasteiger partial charge >= 0.3 is 0 Å². The fourth-order valence-corrected chi connectivity index (χ4v) is 2.62. The average molecular weight is 242 g/mol. The third-order valence-electron chi connectivity index (χ3n) is 3.74. The van der Waals surface area contributed by atoms with Crippen LogP contribution in [0.1, 0.15) is 38.5 Å². The first-order chi connectivity index (χ1) is 8.40. The lowest BCUT2D eigenvalue weighted by Crippen LogP contribution is -2.27. The Hall–Kier alpha value is -0.160. The Labute approximate surface area is 103 Å². The molecular formula is C13H22O4. The predicted molar refractivity (Wildman–Crippen MR) is 61.8 cm³/mol. The summed E-state index contributed by atoms with van der Waals surface area (Å²) in [6, 6.07) is 0. The number of rotatable bonds is 5. The summed E-state index contributed by atoms with van der Waals surface area (Å²) in [5, 5.41) is 0. The molecule has 17 heavy (non-hydrogen) atoms. The van der Waals surface area contributed by atoms with Gasteiger partial charge in [0.2, 0.25) is 0 Å². The maximum atomic E-state index is 5.97. The van der Waals surface area contributed by atoms with E-state index in [0.29, 0.717) is 18.3 Å². The molecule has 4 unspecified atom stereocenters. The maximum absolute atomic E-state index is 5.97. The van der Waals surface area contributed by atoms with E-state index in [4.69, 9.17) is 18.9 Å². The van der Waals surface area contributed by atoms with Gasteiger partial charge in [0.15, 0.2) is 6.29 Å². The summed E-state index contributed by atoms with van der Waals surface area (Å²) in [6.45, 7) is 2.50. The van der Waals surface area contributed by atoms with Crippen LogP contribution in [0.15, 0.2) is 0 Å². The molecule has 0 spiro atoms. The SMILES string of the molecule is C1CCC(OC2CCC(OCC3CO3)C2)OC1. The van der Waals surface area contributed by atoms with Gasteiger partial charge in [0.25, 0.3) is 0 Å². The topological polar surface area (TPSA) is 40.2 Å². The van der Waals surface area contributed by atoms with E-state index < -0.39 is 0 Å². The maximum Gasteiger partial charge on any atom is 0.157 e. The highest BCUT2D eigenvalue weighted by Gasteiger charge is 2.31. The van der Waals surface area contributed by atoms with Gasteiger partial charge in [-0.2, -0.15) is 0 Å². The number of hydrogen-bond donors (Lipinski definition) is 0. The fraction of sp³-hybridized carbons (Fsp3) is 1.00. The van der Waals surface area contributed by atoms with Crippen LogP contribution in [-0.4, -0.2) is 44.4 Å². The normalized spacial score (nSPS) is 41.6. The van der Waals surface area contributed by atoms with Crippen molar-refractivity contribution in [3.8, 4) is 0 Å². The van der Waals surface area contributed by atoms with Crippen LogP contribution in [0.25, 0.3) is 0 Å². The van der Waals surface area contributed by atoms with Crippen LogP contribution in [0.2, 0.25) is 0 Å². The summed E-state index contributed by atoms with van der Waals surface area (Å²) in [5.74, 6) is 0. The zero-order valence-corrected chi connectivity index (χ0v) is 10.3. The first-order valence-corrected chi connectivity index (χ1v) is 6.90. The summed E-state index contributed by atoms with van der Waals surface area (Å²) < 4.78 is 22.5. The quantitative estimate of drug-likeness (QED) is 0.690. The van der Waals surface area contributed by atoms with E-state index in [9.17, 15) is 0 Å². The largest absolute Gasteiger partial charge is 0.375 e. The predicted octanol–water partition coefficient (Wildman–Crippen LogP) is 1.87. The molecule has 0 radical (unpaired) electrons. The van der Waals surface area contributed by atoms with Crippen LogP contribution in [0, 0.1) is 0 Å². The molecule has 0 aromatic heterocycles. The first kappa shape index (κ1) is 11.9. The van der Waals surface area contributed by atoms with E-state index in [2.05, 4.69) is 0 Å². The average Bonchev–Trinajstić information content (AvgIpc) is 3.09. The molecule has 0 bridgehead atoms. The Morgan fingerprint density at radius 3 is 2.65 bits per heavy atom. The number of hydrogen-bond acceptors (Lipinski definition) is 4. The number of ether oxygens (including phenoxy) is 4. The monoisotopic (exact) mass is 242 g/mol. The van der Waals surface area contributed by atoms with Crippen molar-refractivity contribution < 1.29 is 18.9 Å². The van der Waals surface area contributed by atoms with Crippen molar-refractivity contribution >= 4 is 0 Å². The van der Waals surface area contributed by atoms with Gasteiger partial charge in [-0.1, -0.05) is 0 Å². The second-order valence-corrected chi connectivity index (χ2v) is 5.28. The van der Waals surface area contributed by atoms with E-state index in [-0.39, 0.29) is 6.29 Å². The van der Waals surface area contributed by atoms with E-state index >= 15 is 0 Å². The molecule has 4 atom stereocenters. The van der Waals surface area contributed by atoms with Gasteiger partial charge in [0.05, 0.1) is 25.4 Å². The molecule has 3 rings (SSSR count). The lowest BCUT2D eigenvalue weighted by molar-refractivity contribution is -0.187. The van der Waals surface area contributed by atoms with Crippen LogP contribution in [0.3, 0.4) is 0 Å². The molecule has 0 N–H and O–H groups in total. The third kappa shape index (κ3) is 3.65. The minimum absolute atomic E-state index is 0.0410. The molecule has 2 aliphatic heterocycles. The van der Waals surface area contributed by atoms with Crippen molar-refractivity contribution in [1.82, 2.24) is 0 Å². The van der Waals surface area contributed by atoms with Crippen LogP contribution >= 0.6 is 0 Å². The van der Waals surface area contributed by atoms with E-state index in [1.807, 2.05) is 0 Å². The molecule has 0 aromatic rings. The molecule has 98 valence electrons. The van der Waals surface area contributed by atoms with Gasteiger partial charge in [0.1, 0.15) is 6.10 Å². The highest BCUT2D eigenvalue weighted by atomic mass is 16.7. The zero-order valence-electron chi connectivity index (χ0n) is 10.3. The Morgan fingerprint density at radius 2 is 1.88 bits per heavy atom. The van der Waals surface area contributed by atoms with Crippen LogP contribution < -0.4 is 0 Å². The highest BCUT2D eigenvalue weighted by Crippen LogP contribution is 2.28. The molecule has 2 heterocycles. The van der Waals surface area contributed by atoms with Gasteiger partial charge in [-0.25, -0.2) is 0 Å². The minimum atomic E-state index is 0.0410. The summed E-state index contributed by atoms with van der Waals surface area (Å²) in [5.41, 5.74) is 0. The minimum Gasteiger partial charge on any atom is -0.375 e. The molecule has 0 aromatic carbocycles. The molecule has 1 aliphatic carbocycles. The molecule has 1 saturated carbocycles. The van der Waals surface area contributed by atoms with E-state index in [1.165, 1.54) is 12.8 Å². The van der Waals surface area contributed by atoms with E-state index in [0.717, 1.165) is 45.5 Å². The second-order valence-electron chi connectivity index (χ2n) is 5.28. The molecular weight excluding hydrogens is 220 g/mol. The van der Waals surface area contributed by atoms with Crippen molar-refractivity contribution in [2.75, 3.05) is 19.8 Å². The fourth-order valence-electron chi connectivity index (χ4n) is 2.62. The van der Waals surface area contributed by atoms with Gasteiger partial charge in [0, 0.05) is 6.61 Å². The Morgan fingerprint density at radius 1 is 1.00 bits per heavy atom. The second kappa shape index (κ2) is 5.65. The van der Waals surface area contributed by atoms with Crippen LogP contribution in [0.5, 0.6) is 0 Å². The Kier molecular flexibility index (Phi) is 3.96. The summed E-state index contributed by atoms with van der Waals surface area (Å²) >= 11 is 0. The van der Waals surface area contributed by atoms with Crippen molar-refractivity contribution in [2.24, 2.45) is 0 Å². The van der Waals surface area contributed by atoms with Crippen molar-refractivity contribution in [3.63, 3.8) is 0 Å². The smallest absolute Gasteiger partial charge is 0.157 e. The van der Waals surface area contributed by atoms with E-state index in [1.54, 1.807) is 0 Å². The standard InChI is InChI=1S/C13H22O4/c1-2-6-14-13(3-1)17-11-5-4-10(7-11)15-8-12-9-16-12/h10-13H,1-9H2. The van der Waals surface area contributed by atoms with Gasteiger partial charge in [-0.3, -0.25) is 0 Å². The highest BCUT2D eigenvalue weighted by molar-refractivity contribution is 4.79. The molecule has 3 aliphatic rings. The zero-order chi connectivity index (χ0) is 11.5. The molecule has 4 heteroatoms. The lowest BCUT2D eigenvalue weighted by Gasteiger charge is -2.25. The third-order valence-corrected chi connectivity index (χ3v) is 3.74. The summed E-state index contributed by atoms with van der Waals surface area (Å²) in [7, 11) is 0. The lowest BCUT2D eigenvalue weighted by atomic mass is 10.2. The summed E-state index contributed by atoms with van der Waals surface area (Å²) in [4.78, 5) is 0. The van der Waals surface area contributed by atoms with Gasteiger partial charge in [-0.05, 0) is 38.5 Å². The summed E-state index contributed by atoms with van der Waals surface area (Å²) in [6.07, 6.45) is 7.82. The van der Waals surface area contributed by atoms with Gasteiger partial charge < -0.3 is 18.9 Å². The number of epoxide rings is 1. The first-order valence-electron chi connectivity index (χ1n) is 6.90. The van der Waals surface area contributed by atoms with Crippen LogP contribution in [-0.2, 0) is 18.9 Å².